The number of halogens is 3. The molecule has 1 fully saturated rings. The van der Waals surface area contributed by atoms with Gasteiger partial charge in [0, 0.05) is 19.2 Å². The number of nitrogens with two attached hydrogens (primary N) is 1. The van der Waals surface area contributed by atoms with Crippen molar-refractivity contribution in [2.75, 3.05) is 11.4 Å². The predicted molar refractivity (Wildman–Crippen MR) is 58.9 cm³/mol. The van der Waals surface area contributed by atoms with Gasteiger partial charge in [0.2, 0.25) is 11.8 Å². The highest BCUT2D eigenvalue weighted by Crippen LogP contribution is 2.30. The SMILES string of the molecule is NC(=O)C1CC(=O)N(c2ccc(C(F)(F)F)cn2)C1. The molecule has 1 atom stereocenters. The fourth-order valence-electron chi connectivity index (χ4n) is 1.83. The molecule has 1 aromatic heterocycles. The van der Waals surface area contributed by atoms with Crippen molar-refractivity contribution < 1.29 is 22.8 Å². The summed E-state index contributed by atoms with van der Waals surface area (Å²) in [7, 11) is 0. The summed E-state index contributed by atoms with van der Waals surface area (Å²) in [6.07, 6.45) is -3.87. The normalized spacial score (nSPS) is 19.8. The molecule has 0 bridgehead atoms. The average molecular weight is 273 g/mol. The van der Waals surface area contributed by atoms with Crippen molar-refractivity contribution >= 4 is 17.6 Å². The van der Waals surface area contributed by atoms with E-state index in [9.17, 15) is 22.8 Å². The molecule has 2 amide bonds. The van der Waals surface area contributed by atoms with Crippen molar-refractivity contribution in [3.8, 4) is 0 Å². The number of hydrogen-bond donors (Lipinski definition) is 1. The van der Waals surface area contributed by atoms with Crippen LogP contribution in [0.5, 0.6) is 0 Å². The molecule has 2 heterocycles. The van der Waals surface area contributed by atoms with E-state index in [1.165, 1.54) is 0 Å². The van der Waals surface area contributed by atoms with Crippen LogP contribution in [0.2, 0.25) is 0 Å². The Kier molecular flexibility index (Phi) is 3.17. The summed E-state index contributed by atoms with van der Waals surface area (Å²) in [4.78, 5) is 27.4. The minimum atomic E-state index is -4.48. The predicted octanol–water partition coefficient (Wildman–Crippen LogP) is 0.939. The Hall–Kier alpha value is -2.12. The maximum Gasteiger partial charge on any atom is 0.417 e. The third-order valence-corrected chi connectivity index (χ3v) is 2.88. The summed E-state index contributed by atoms with van der Waals surface area (Å²) in [5, 5.41) is 0. The molecule has 2 N–H and O–H groups in total. The highest BCUT2D eigenvalue weighted by Gasteiger charge is 2.35. The van der Waals surface area contributed by atoms with Crippen LogP contribution in [0.3, 0.4) is 0 Å². The molecule has 1 unspecified atom stereocenters. The second-order valence-corrected chi connectivity index (χ2v) is 4.21. The maximum absolute atomic E-state index is 12.4. The molecule has 2 rings (SSSR count). The summed E-state index contributed by atoms with van der Waals surface area (Å²) >= 11 is 0. The second-order valence-electron chi connectivity index (χ2n) is 4.21. The van der Waals surface area contributed by atoms with E-state index in [2.05, 4.69) is 4.98 Å². The fraction of sp³-hybridized carbons (Fsp3) is 0.364. The van der Waals surface area contributed by atoms with E-state index in [1.54, 1.807) is 0 Å². The largest absolute Gasteiger partial charge is 0.417 e. The molecule has 19 heavy (non-hydrogen) atoms. The number of anilines is 1. The van der Waals surface area contributed by atoms with E-state index in [-0.39, 0.29) is 24.7 Å². The van der Waals surface area contributed by atoms with Crippen LogP contribution >= 0.6 is 0 Å². The highest BCUT2D eigenvalue weighted by atomic mass is 19.4. The molecule has 0 aromatic carbocycles. The van der Waals surface area contributed by atoms with Gasteiger partial charge in [-0.1, -0.05) is 0 Å². The Balaban J connectivity index is 2.19. The topological polar surface area (TPSA) is 76.3 Å². The Bertz CT molecular complexity index is 513. The maximum atomic E-state index is 12.4. The molecule has 0 aliphatic carbocycles. The number of alkyl halides is 3. The lowest BCUT2D eigenvalue weighted by Gasteiger charge is -2.15. The Labute approximate surface area is 106 Å². The fourth-order valence-corrected chi connectivity index (χ4v) is 1.83. The molecule has 1 aromatic rings. The molecule has 1 aliphatic rings. The standard InChI is InChI=1S/C11H10F3N3O2/c12-11(13,14)7-1-2-8(16-4-7)17-5-6(10(15)19)3-9(17)18/h1-2,4,6H,3,5H2,(H2,15,19). The number of amides is 2. The van der Waals surface area contributed by atoms with Crippen molar-refractivity contribution in [3.63, 3.8) is 0 Å². The zero-order valence-corrected chi connectivity index (χ0v) is 9.65. The summed E-state index contributed by atoms with van der Waals surface area (Å²) in [6, 6.07) is 1.94. The smallest absolute Gasteiger partial charge is 0.369 e. The zero-order chi connectivity index (χ0) is 14.2. The first-order valence-electron chi connectivity index (χ1n) is 5.42. The average Bonchev–Trinajstić information content (AvgIpc) is 2.70. The van der Waals surface area contributed by atoms with Gasteiger partial charge in [0.15, 0.2) is 0 Å². The number of aromatic nitrogens is 1. The van der Waals surface area contributed by atoms with Crippen LogP contribution in [0, 0.1) is 5.92 Å². The highest BCUT2D eigenvalue weighted by molar-refractivity contribution is 5.99. The van der Waals surface area contributed by atoms with Gasteiger partial charge in [-0.05, 0) is 12.1 Å². The molecule has 0 spiro atoms. The van der Waals surface area contributed by atoms with Crippen molar-refractivity contribution in [1.29, 1.82) is 0 Å². The Morgan fingerprint density at radius 1 is 1.42 bits per heavy atom. The number of hydrogen-bond acceptors (Lipinski definition) is 3. The summed E-state index contributed by atoms with van der Waals surface area (Å²) in [5.41, 5.74) is 4.20. The lowest BCUT2D eigenvalue weighted by Crippen LogP contribution is -2.29. The molecule has 102 valence electrons. The van der Waals surface area contributed by atoms with E-state index in [4.69, 9.17) is 5.73 Å². The molecule has 8 heteroatoms. The number of pyridine rings is 1. The van der Waals surface area contributed by atoms with Crippen LogP contribution in [0.25, 0.3) is 0 Å². The zero-order valence-electron chi connectivity index (χ0n) is 9.65. The lowest BCUT2D eigenvalue weighted by molar-refractivity contribution is -0.137. The quantitative estimate of drug-likeness (QED) is 0.871. The van der Waals surface area contributed by atoms with Gasteiger partial charge in [-0.25, -0.2) is 4.98 Å². The molecule has 1 saturated heterocycles. The molecular formula is C11H10F3N3O2. The van der Waals surface area contributed by atoms with Crippen molar-refractivity contribution in [1.82, 2.24) is 4.98 Å². The van der Waals surface area contributed by atoms with E-state index < -0.39 is 23.6 Å². The second kappa shape index (κ2) is 4.52. The van der Waals surface area contributed by atoms with Gasteiger partial charge < -0.3 is 5.73 Å². The summed E-state index contributed by atoms with van der Waals surface area (Å²) in [6.45, 7) is 0.0481. The third kappa shape index (κ3) is 2.67. The summed E-state index contributed by atoms with van der Waals surface area (Å²) < 4.78 is 37.1. The molecular weight excluding hydrogens is 263 g/mol. The van der Waals surface area contributed by atoms with E-state index in [1.807, 2.05) is 0 Å². The van der Waals surface area contributed by atoms with Gasteiger partial charge >= 0.3 is 6.18 Å². The number of primary amides is 1. The van der Waals surface area contributed by atoms with Gasteiger partial charge in [-0.2, -0.15) is 13.2 Å². The number of nitrogens with zero attached hydrogens (tertiary/aromatic N) is 2. The monoisotopic (exact) mass is 273 g/mol. The summed E-state index contributed by atoms with van der Waals surface area (Å²) in [5.74, 6) is -1.53. The van der Waals surface area contributed by atoms with Crippen molar-refractivity contribution in [3.05, 3.63) is 23.9 Å². The number of carbonyl (C=O) groups is 2. The van der Waals surface area contributed by atoms with Crippen molar-refractivity contribution in [2.45, 2.75) is 12.6 Å². The van der Waals surface area contributed by atoms with Crippen LogP contribution in [-0.4, -0.2) is 23.3 Å². The molecule has 1 aliphatic heterocycles. The number of rotatable bonds is 2. The lowest BCUT2D eigenvalue weighted by atomic mass is 10.1. The van der Waals surface area contributed by atoms with Gasteiger partial charge in [-0.3, -0.25) is 14.5 Å². The first-order valence-corrected chi connectivity index (χ1v) is 5.42. The van der Waals surface area contributed by atoms with Crippen LogP contribution in [0.4, 0.5) is 19.0 Å². The van der Waals surface area contributed by atoms with Crippen molar-refractivity contribution in [2.24, 2.45) is 11.7 Å². The minimum Gasteiger partial charge on any atom is -0.369 e. The Morgan fingerprint density at radius 3 is 2.53 bits per heavy atom. The van der Waals surface area contributed by atoms with Gasteiger partial charge in [0.1, 0.15) is 5.82 Å². The van der Waals surface area contributed by atoms with Gasteiger partial charge in [-0.15, -0.1) is 0 Å². The van der Waals surface area contributed by atoms with Gasteiger partial charge in [0.05, 0.1) is 11.5 Å². The number of carbonyl (C=O) groups excluding carboxylic acids is 2. The molecule has 0 radical (unpaired) electrons. The van der Waals surface area contributed by atoms with E-state index >= 15 is 0 Å². The van der Waals surface area contributed by atoms with E-state index in [0.29, 0.717) is 6.20 Å². The first-order chi connectivity index (χ1) is 8.79. The van der Waals surface area contributed by atoms with Crippen LogP contribution in [-0.2, 0) is 15.8 Å². The Morgan fingerprint density at radius 2 is 2.11 bits per heavy atom. The van der Waals surface area contributed by atoms with Crippen LogP contribution in [0.1, 0.15) is 12.0 Å². The molecule has 0 saturated carbocycles. The van der Waals surface area contributed by atoms with E-state index in [0.717, 1.165) is 17.0 Å². The third-order valence-electron chi connectivity index (χ3n) is 2.88. The molecule has 5 nitrogen and oxygen atoms in total. The van der Waals surface area contributed by atoms with Crippen LogP contribution < -0.4 is 10.6 Å². The minimum absolute atomic E-state index is 0.0436. The van der Waals surface area contributed by atoms with Gasteiger partial charge in [0.25, 0.3) is 0 Å². The first kappa shape index (κ1) is 13.3. The van der Waals surface area contributed by atoms with Crippen LogP contribution in [0.15, 0.2) is 18.3 Å².